The monoisotopic (exact) mass is 333 g/mol. The first kappa shape index (κ1) is 18.4. The highest BCUT2D eigenvalue weighted by molar-refractivity contribution is 5.97. The normalized spacial score (nSPS) is 19.9. The van der Waals surface area contributed by atoms with Crippen LogP contribution in [0.25, 0.3) is 0 Å². The Labute approximate surface area is 143 Å². The molecule has 1 aliphatic rings. The molecule has 2 rings (SSSR count). The van der Waals surface area contributed by atoms with Gasteiger partial charge in [0.1, 0.15) is 0 Å². The van der Waals surface area contributed by atoms with Crippen molar-refractivity contribution < 1.29 is 14.3 Å². The molecule has 0 aliphatic heterocycles. The minimum atomic E-state index is -0.148. The first-order valence-electron chi connectivity index (χ1n) is 8.62. The van der Waals surface area contributed by atoms with Crippen LogP contribution >= 0.6 is 0 Å². The molecule has 0 heterocycles. The number of hydrogen-bond acceptors (Lipinski definition) is 4. The topological polar surface area (TPSA) is 93.5 Å². The van der Waals surface area contributed by atoms with Gasteiger partial charge in [0.15, 0.2) is 0 Å². The molecule has 6 heteroatoms. The molecule has 1 fully saturated rings. The van der Waals surface area contributed by atoms with E-state index < -0.39 is 0 Å². The van der Waals surface area contributed by atoms with E-state index >= 15 is 0 Å². The van der Waals surface area contributed by atoms with Crippen molar-refractivity contribution in [3.63, 3.8) is 0 Å². The summed E-state index contributed by atoms with van der Waals surface area (Å²) in [6, 6.07) is 7.11. The molecule has 1 saturated carbocycles. The van der Waals surface area contributed by atoms with E-state index in [0.29, 0.717) is 31.0 Å². The smallest absolute Gasteiger partial charge is 0.251 e. The van der Waals surface area contributed by atoms with Crippen LogP contribution in [0.1, 0.15) is 43.0 Å². The highest BCUT2D eigenvalue weighted by Crippen LogP contribution is 2.25. The second-order valence-corrected chi connectivity index (χ2v) is 6.15. The zero-order valence-electron chi connectivity index (χ0n) is 14.2. The van der Waals surface area contributed by atoms with Crippen molar-refractivity contribution >= 4 is 17.5 Å². The number of carbonyl (C=O) groups excluding carboxylic acids is 2. The van der Waals surface area contributed by atoms with E-state index in [1.54, 1.807) is 24.3 Å². The van der Waals surface area contributed by atoms with Gasteiger partial charge < -0.3 is 21.1 Å². The average Bonchev–Trinajstić information content (AvgIpc) is 3.01. The second-order valence-electron chi connectivity index (χ2n) is 6.15. The molecule has 132 valence electrons. The number of amides is 2. The van der Waals surface area contributed by atoms with Crippen molar-refractivity contribution in [2.45, 2.75) is 38.6 Å². The van der Waals surface area contributed by atoms with Gasteiger partial charge in [0.25, 0.3) is 5.91 Å². The van der Waals surface area contributed by atoms with Crippen molar-refractivity contribution in [3.8, 4) is 0 Å². The second kappa shape index (κ2) is 9.39. The van der Waals surface area contributed by atoms with Crippen molar-refractivity contribution in [2.24, 2.45) is 11.7 Å². The molecule has 2 unspecified atom stereocenters. The number of nitrogens with one attached hydrogen (secondary N) is 2. The highest BCUT2D eigenvalue weighted by atomic mass is 16.5. The SMILES string of the molecule is CCOCCCNC(=O)c1cccc(NC(=O)C2CCC(N)C2)c1. The van der Waals surface area contributed by atoms with Crippen LogP contribution in [0.3, 0.4) is 0 Å². The molecule has 24 heavy (non-hydrogen) atoms. The Bertz CT molecular complexity index is 562. The third kappa shape index (κ3) is 5.62. The summed E-state index contributed by atoms with van der Waals surface area (Å²) in [5.41, 5.74) is 7.03. The minimum Gasteiger partial charge on any atom is -0.382 e. The third-order valence-corrected chi connectivity index (χ3v) is 4.19. The molecule has 0 bridgehead atoms. The first-order valence-corrected chi connectivity index (χ1v) is 8.62. The summed E-state index contributed by atoms with van der Waals surface area (Å²) < 4.78 is 5.23. The molecular formula is C18H27N3O3. The summed E-state index contributed by atoms with van der Waals surface area (Å²) in [5.74, 6) is -0.196. The molecule has 6 nitrogen and oxygen atoms in total. The summed E-state index contributed by atoms with van der Waals surface area (Å²) in [5, 5.41) is 5.74. The van der Waals surface area contributed by atoms with Crippen molar-refractivity contribution in [1.29, 1.82) is 0 Å². The molecule has 4 N–H and O–H groups in total. The number of rotatable bonds is 8. The van der Waals surface area contributed by atoms with Gasteiger partial charge in [0.05, 0.1) is 0 Å². The zero-order valence-corrected chi connectivity index (χ0v) is 14.2. The number of hydrogen-bond donors (Lipinski definition) is 3. The Morgan fingerprint density at radius 3 is 2.88 bits per heavy atom. The summed E-state index contributed by atoms with van der Waals surface area (Å²) in [6.45, 7) is 3.82. The Kier molecular flexibility index (Phi) is 7.21. The Hall–Kier alpha value is -1.92. The molecule has 0 radical (unpaired) electrons. The van der Waals surface area contributed by atoms with E-state index in [9.17, 15) is 9.59 Å². The van der Waals surface area contributed by atoms with Crippen LogP contribution in [0, 0.1) is 5.92 Å². The van der Waals surface area contributed by atoms with Crippen molar-refractivity contribution in [2.75, 3.05) is 25.1 Å². The van der Waals surface area contributed by atoms with Gasteiger partial charge in [-0.2, -0.15) is 0 Å². The zero-order chi connectivity index (χ0) is 17.4. The molecular weight excluding hydrogens is 306 g/mol. The lowest BCUT2D eigenvalue weighted by Gasteiger charge is -2.12. The van der Waals surface area contributed by atoms with E-state index in [-0.39, 0.29) is 23.8 Å². The predicted octanol–water partition coefficient (Wildman–Crippen LogP) is 1.91. The van der Waals surface area contributed by atoms with Crippen LogP contribution in [0.2, 0.25) is 0 Å². The van der Waals surface area contributed by atoms with Crippen molar-refractivity contribution in [1.82, 2.24) is 5.32 Å². The van der Waals surface area contributed by atoms with Gasteiger partial charge in [-0.25, -0.2) is 0 Å². The number of benzene rings is 1. The lowest BCUT2D eigenvalue weighted by Crippen LogP contribution is -2.26. The minimum absolute atomic E-state index is 0.0165. The van der Waals surface area contributed by atoms with Crippen LogP contribution < -0.4 is 16.4 Å². The molecule has 1 aliphatic carbocycles. The summed E-state index contributed by atoms with van der Waals surface area (Å²) >= 11 is 0. The highest BCUT2D eigenvalue weighted by Gasteiger charge is 2.27. The molecule has 1 aromatic carbocycles. The molecule has 0 saturated heterocycles. The lowest BCUT2D eigenvalue weighted by molar-refractivity contribution is -0.119. The number of carbonyl (C=O) groups is 2. The van der Waals surface area contributed by atoms with Gasteiger partial charge in [-0.05, 0) is 50.8 Å². The summed E-state index contributed by atoms with van der Waals surface area (Å²) in [4.78, 5) is 24.4. The molecule has 0 aromatic heterocycles. The fourth-order valence-corrected chi connectivity index (χ4v) is 2.86. The number of nitrogens with two attached hydrogens (primary N) is 1. The molecule has 2 amide bonds. The fraction of sp³-hybridized carbons (Fsp3) is 0.556. The van der Waals surface area contributed by atoms with Gasteiger partial charge in [-0.3, -0.25) is 9.59 Å². The Balaban J connectivity index is 1.84. The number of anilines is 1. The maximum absolute atomic E-state index is 12.2. The van der Waals surface area contributed by atoms with Crippen LogP contribution in [-0.2, 0) is 9.53 Å². The van der Waals surface area contributed by atoms with Crippen LogP contribution in [0.5, 0.6) is 0 Å². The Morgan fingerprint density at radius 2 is 2.17 bits per heavy atom. The van der Waals surface area contributed by atoms with Gasteiger partial charge >= 0.3 is 0 Å². The van der Waals surface area contributed by atoms with Gasteiger partial charge in [-0.1, -0.05) is 6.07 Å². The fourth-order valence-electron chi connectivity index (χ4n) is 2.86. The molecule has 1 aromatic rings. The number of ether oxygens (including phenoxy) is 1. The lowest BCUT2D eigenvalue weighted by atomic mass is 10.1. The molecule has 2 atom stereocenters. The van der Waals surface area contributed by atoms with Crippen molar-refractivity contribution in [3.05, 3.63) is 29.8 Å². The first-order chi connectivity index (χ1) is 11.6. The van der Waals surface area contributed by atoms with Crippen LogP contribution in [0.15, 0.2) is 24.3 Å². The maximum atomic E-state index is 12.2. The predicted molar refractivity (Wildman–Crippen MR) is 93.8 cm³/mol. The van der Waals surface area contributed by atoms with Gasteiger partial charge in [-0.15, -0.1) is 0 Å². The largest absolute Gasteiger partial charge is 0.382 e. The van der Waals surface area contributed by atoms with E-state index in [2.05, 4.69) is 10.6 Å². The van der Waals surface area contributed by atoms with E-state index in [1.165, 1.54) is 0 Å². The molecule has 0 spiro atoms. The van der Waals surface area contributed by atoms with Crippen LogP contribution in [0.4, 0.5) is 5.69 Å². The van der Waals surface area contributed by atoms with E-state index in [4.69, 9.17) is 10.5 Å². The maximum Gasteiger partial charge on any atom is 0.251 e. The van der Waals surface area contributed by atoms with E-state index in [1.807, 2.05) is 6.92 Å². The average molecular weight is 333 g/mol. The summed E-state index contributed by atoms with van der Waals surface area (Å²) in [7, 11) is 0. The quantitative estimate of drug-likeness (QED) is 0.634. The standard InChI is InChI=1S/C18H27N3O3/c1-2-24-10-4-9-20-17(22)13-5-3-6-16(12-13)21-18(23)14-7-8-15(19)11-14/h3,5-6,12,14-15H,2,4,7-11,19H2,1H3,(H,20,22)(H,21,23). The third-order valence-electron chi connectivity index (χ3n) is 4.19. The van der Waals surface area contributed by atoms with Crippen LogP contribution in [-0.4, -0.2) is 37.6 Å². The van der Waals surface area contributed by atoms with E-state index in [0.717, 1.165) is 25.7 Å². The van der Waals surface area contributed by atoms with Gasteiger partial charge in [0.2, 0.25) is 5.91 Å². The summed E-state index contributed by atoms with van der Waals surface area (Å²) in [6.07, 6.45) is 3.22. The Morgan fingerprint density at radius 1 is 1.33 bits per heavy atom. The van der Waals surface area contributed by atoms with Gasteiger partial charge in [0, 0.05) is 43.0 Å².